The molecule has 1 aromatic heterocycles. The van der Waals surface area contributed by atoms with E-state index >= 15 is 0 Å². The number of hydrogen-bond acceptors (Lipinski definition) is 5. The minimum atomic E-state index is -0.366. The molecule has 1 unspecified atom stereocenters. The van der Waals surface area contributed by atoms with Crippen LogP contribution in [0.2, 0.25) is 0 Å². The second kappa shape index (κ2) is 8.93. The summed E-state index contributed by atoms with van der Waals surface area (Å²) in [5.41, 5.74) is 1.70. The first-order valence-electron chi connectivity index (χ1n) is 10.3. The van der Waals surface area contributed by atoms with Crippen LogP contribution in [0.3, 0.4) is 0 Å². The number of carbonyl (C=O) groups is 1. The van der Waals surface area contributed by atoms with Gasteiger partial charge in [-0.3, -0.25) is 9.78 Å². The van der Waals surface area contributed by atoms with E-state index in [4.69, 9.17) is 9.47 Å². The van der Waals surface area contributed by atoms with Crippen LogP contribution in [0.5, 0.6) is 5.75 Å². The second-order valence-corrected chi connectivity index (χ2v) is 8.06. The number of ether oxygens (including phenoxy) is 2. The van der Waals surface area contributed by atoms with Crippen molar-refractivity contribution in [2.75, 3.05) is 33.3 Å². The van der Waals surface area contributed by atoms with Crippen molar-refractivity contribution in [3.63, 3.8) is 0 Å². The molecule has 6 nitrogen and oxygen atoms in total. The van der Waals surface area contributed by atoms with Gasteiger partial charge in [-0.25, -0.2) is 0 Å². The fourth-order valence-electron chi connectivity index (χ4n) is 4.23. The smallest absolute Gasteiger partial charge is 0.231 e. The lowest BCUT2D eigenvalue weighted by Crippen LogP contribution is -2.64. The minimum Gasteiger partial charge on any atom is -0.497 e. The Kier molecular flexibility index (Phi) is 6.11. The first-order chi connectivity index (χ1) is 14.2. The average Bonchev–Trinajstić information content (AvgIpc) is 2.75. The van der Waals surface area contributed by atoms with Crippen molar-refractivity contribution in [1.82, 2.24) is 15.2 Å². The van der Waals surface area contributed by atoms with Crippen LogP contribution in [0.1, 0.15) is 24.1 Å². The molecule has 0 radical (unpaired) electrons. The number of piperidine rings is 1. The highest BCUT2D eigenvalue weighted by Gasteiger charge is 2.47. The monoisotopic (exact) mass is 395 g/mol. The van der Waals surface area contributed by atoms with E-state index < -0.39 is 0 Å². The van der Waals surface area contributed by atoms with Crippen LogP contribution in [0, 0.1) is 5.41 Å². The highest BCUT2D eigenvalue weighted by molar-refractivity contribution is 5.85. The van der Waals surface area contributed by atoms with Crippen LogP contribution in [0.25, 0.3) is 0 Å². The molecule has 0 spiro atoms. The number of pyridine rings is 1. The van der Waals surface area contributed by atoms with Crippen LogP contribution in [0.15, 0.2) is 48.7 Å². The van der Waals surface area contributed by atoms with Crippen molar-refractivity contribution in [3.05, 3.63) is 59.9 Å². The normalized spacial score (nSPS) is 20.7. The molecule has 0 bridgehead atoms. The number of nitrogens with zero attached hydrogens (tertiary/aromatic N) is 2. The second-order valence-electron chi connectivity index (χ2n) is 8.06. The van der Waals surface area contributed by atoms with E-state index in [1.807, 2.05) is 41.3 Å². The van der Waals surface area contributed by atoms with Crippen molar-refractivity contribution in [2.24, 2.45) is 5.41 Å². The van der Waals surface area contributed by atoms with Gasteiger partial charge in [0, 0.05) is 32.4 Å². The summed E-state index contributed by atoms with van der Waals surface area (Å²) >= 11 is 0. The van der Waals surface area contributed by atoms with E-state index in [-0.39, 0.29) is 17.4 Å². The Morgan fingerprint density at radius 2 is 2.17 bits per heavy atom. The summed E-state index contributed by atoms with van der Waals surface area (Å²) < 4.78 is 11.4. The number of aromatic nitrogens is 1. The first-order valence-corrected chi connectivity index (χ1v) is 10.3. The van der Waals surface area contributed by atoms with E-state index in [0.29, 0.717) is 13.2 Å². The number of nitrogens with one attached hydrogen (secondary N) is 1. The predicted octanol–water partition coefficient (Wildman–Crippen LogP) is 2.43. The third-order valence-electron chi connectivity index (χ3n) is 5.92. The summed E-state index contributed by atoms with van der Waals surface area (Å²) in [6.45, 7) is 3.40. The molecule has 4 rings (SSSR count). The molecule has 1 atom stereocenters. The third-order valence-corrected chi connectivity index (χ3v) is 5.92. The van der Waals surface area contributed by atoms with E-state index in [9.17, 15) is 4.79 Å². The molecule has 1 aromatic carbocycles. The Morgan fingerprint density at radius 3 is 2.90 bits per heavy atom. The molecule has 2 aromatic rings. The first kappa shape index (κ1) is 19.9. The molecule has 2 saturated heterocycles. The molecule has 29 heavy (non-hydrogen) atoms. The molecule has 0 aliphatic carbocycles. The van der Waals surface area contributed by atoms with Crippen molar-refractivity contribution in [3.8, 4) is 5.75 Å². The largest absolute Gasteiger partial charge is 0.497 e. The van der Waals surface area contributed by atoms with Crippen molar-refractivity contribution < 1.29 is 14.3 Å². The van der Waals surface area contributed by atoms with Gasteiger partial charge in [0.25, 0.3) is 0 Å². The lowest BCUT2D eigenvalue weighted by Gasteiger charge is -2.46. The van der Waals surface area contributed by atoms with E-state index in [2.05, 4.69) is 16.4 Å². The molecule has 2 fully saturated rings. The molecule has 2 aliphatic heterocycles. The molecular weight excluding hydrogens is 366 g/mol. The van der Waals surface area contributed by atoms with Crippen LogP contribution in [-0.2, 0) is 22.6 Å². The quantitative estimate of drug-likeness (QED) is 0.780. The maximum absolute atomic E-state index is 13.5. The Balaban J connectivity index is 1.39. The summed E-state index contributed by atoms with van der Waals surface area (Å²) in [6.07, 6.45) is 4.53. The van der Waals surface area contributed by atoms with Crippen molar-refractivity contribution >= 4 is 5.91 Å². The van der Waals surface area contributed by atoms with Gasteiger partial charge in [-0.2, -0.15) is 0 Å². The number of hydrogen-bond donors (Lipinski definition) is 1. The lowest BCUT2D eigenvalue weighted by molar-refractivity contribution is -0.149. The Bertz CT molecular complexity index is 823. The van der Waals surface area contributed by atoms with Gasteiger partial charge in [0.15, 0.2) is 0 Å². The fourth-order valence-corrected chi connectivity index (χ4v) is 4.23. The summed E-state index contributed by atoms with van der Waals surface area (Å²) in [5, 5.41) is 3.31. The van der Waals surface area contributed by atoms with Crippen molar-refractivity contribution in [1.29, 1.82) is 0 Å². The summed E-state index contributed by atoms with van der Waals surface area (Å²) in [7, 11) is 1.67. The van der Waals surface area contributed by atoms with Gasteiger partial charge in [0.1, 0.15) is 5.75 Å². The maximum atomic E-state index is 13.5. The number of carbonyl (C=O) groups excluding carboxylic acids is 1. The van der Waals surface area contributed by atoms with Gasteiger partial charge in [-0.1, -0.05) is 18.2 Å². The van der Waals surface area contributed by atoms with Gasteiger partial charge in [0.2, 0.25) is 5.91 Å². The molecule has 154 valence electrons. The zero-order valence-electron chi connectivity index (χ0n) is 17.0. The molecule has 2 aliphatic rings. The Labute approximate surface area is 172 Å². The molecule has 6 heteroatoms. The molecule has 1 N–H and O–H groups in total. The zero-order chi connectivity index (χ0) is 20.1. The SMILES string of the molecule is COc1cccc(CC2(C(=O)N3CCCC(OCc4ccccn4)C3)CNC2)c1. The number of amides is 1. The number of rotatable bonds is 7. The van der Waals surface area contributed by atoms with Crippen LogP contribution in [-0.4, -0.2) is 55.2 Å². The van der Waals surface area contributed by atoms with E-state index in [1.54, 1.807) is 13.3 Å². The number of methoxy groups -OCH3 is 1. The predicted molar refractivity (Wildman–Crippen MR) is 111 cm³/mol. The van der Waals surface area contributed by atoms with E-state index in [1.165, 1.54) is 0 Å². The van der Waals surface area contributed by atoms with E-state index in [0.717, 1.165) is 55.9 Å². The summed E-state index contributed by atoms with van der Waals surface area (Å²) in [6, 6.07) is 13.9. The summed E-state index contributed by atoms with van der Waals surface area (Å²) in [4.78, 5) is 19.8. The fraction of sp³-hybridized carbons (Fsp3) is 0.478. The van der Waals surface area contributed by atoms with Crippen molar-refractivity contribution in [2.45, 2.75) is 32.0 Å². The third kappa shape index (κ3) is 4.60. The standard InChI is InChI=1S/C23H29N3O3/c1-28-20-8-4-6-18(12-20)13-23(16-24-17-23)22(27)26-11-5-9-21(14-26)29-15-19-7-2-3-10-25-19/h2-4,6-8,10,12,21,24H,5,9,11,13-17H2,1H3. The molecule has 3 heterocycles. The van der Waals surface area contributed by atoms with Gasteiger partial charge in [0.05, 0.1) is 30.9 Å². The topological polar surface area (TPSA) is 63.7 Å². The highest BCUT2D eigenvalue weighted by Crippen LogP contribution is 2.32. The average molecular weight is 396 g/mol. The van der Waals surface area contributed by atoms with Crippen LogP contribution >= 0.6 is 0 Å². The molecular formula is C23H29N3O3. The van der Waals surface area contributed by atoms with Crippen LogP contribution in [0.4, 0.5) is 0 Å². The molecule has 0 saturated carbocycles. The Morgan fingerprint density at radius 1 is 1.28 bits per heavy atom. The van der Waals surface area contributed by atoms with Gasteiger partial charge in [-0.15, -0.1) is 0 Å². The van der Waals surface area contributed by atoms with Gasteiger partial charge >= 0.3 is 0 Å². The van der Waals surface area contributed by atoms with Crippen LogP contribution < -0.4 is 10.1 Å². The van der Waals surface area contributed by atoms with Gasteiger partial charge in [-0.05, 0) is 49.1 Å². The number of benzene rings is 1. The zero-order valence-corrected chi connectivity index (χ0v) is 17.0. The minimum absolute atomic E-state index is 0.0663. The molecule has 1 amide bonds. The highest BCUT2D eigenvalue weighted by atomic mass is 16.5. The maximum Gasteiger partial charge on any atom is 0.231 e. The van der Waals surface area contributed by atoms with Gasteiger partial charge < -0.3 is 19.7 Å². The Hall–Kier alpha value is -2.44. The lowest BCUT2D eigenvalue weighted by atomic mass is 9.74. The summed E-state index contributed by atoms with van der Waals surface area (Å²) in [5.74, 6) is 1.07. The number of likely N-dealkylation sites (tertiary alicyclic amines) is 1.